The molecular weight excluding hydrogens is 212 g/mol. The van der Waals surface area contributed by atoms with Gasteiger partial charge in [0.05, 0.1) is 5.25 Å². The van der Waals surface area contributed by atoms with Crippen molar-refractivity contribution < 1.29 is 8.42 Å². The third kappa shape index (κ3) is 3.74. The van der Waals surface area contributed by atoms with Crippen molar-refractivity contribution in [3.05, 3.63) is 0 Å². The topological polar surface area (TPSA) is 58.2 Å². The SMILES string of the molecule is CC1CCNCC1CNS(=O)(=O)C(C)C. The molecule has 0 bridgehead atoms. The number of hydrogen-bond donors (Lipinski definition) is 2. The van der Waals surface area contributed by atoms with Crippen LogP contribution >= 0.6 is 0 Å². The molecule has 2 unspecified atom stereocenters. The molecule has 0 spiro atoms. The summed E-state index contributed by atoms with van der Waals surface area (Å²) in [7, 11) is -3.10. The molecule has 0 aromatic heterocycles. The third-order valence-electron chi connectivity index (χ3n) is 3.16. The number of nitrogens with one attached hydrogen (secondary N) is 2. The van der Waals surface area contributed by atoms with E-state index in [0.717, 1.165) is 19.5 Å². The molecule has 0 saturated carbocycles. The molecule has 15 heavy (non-hydrogen) atoms. The van der Waals surface area contributed by atoms with E-state index < -0.39 is 10.0 Å². The van der Waals surface area contributed by atoms with E-state index in [0.29, 0.717) is 18.4 Å². The van der Waals surface area contributed by atoms with E-state index >= 15 is 0 Å². The van der Waals surface area contributed by atoms with Crippen LogP contribution in [0.5, 0.6) is 0 Å². The average Bonchev–Trinajstić information content (AvgIpc) is 2.16. The Morgan fingerprint density at radius 1 is 1.47 bits per heavy atom. The van der Waals surface area contributed by atoms with E-state index in [-0.39, 0.29) is 5.25 Å². The molecule has 0 aliphatic carbocycles. The number of rotatable bonds is 4. The molecule has 2 atom stereocenters. The Morgan fingerprint density at radius 3 is 2.67 bits per heavy atom. The van der Waals surface area contributed by atoms with E-state index in [2.05, 4.69) is 17.0 Å². The molecule has 1 aliphatic rings. The second-order valence-corrected chi connectivity index (χ2v) is 6.99. The van der Waals surface area contributed by atoms with Crippen LogP contribution in [0.15, 0.2) is 0 Å². The van der Waals surface area contributed by atoms with Gasteiger partial charge in [0, 0.05) is 6.54 Å². The smallest absolute Gasteiger partial charge is 0.213 e. The van der Waals surface area contributed by atoms with E-state index in [1.54, 1.807) is 13.8 Å². The van der Waals surface area contributed by atoms with Gasteiger partial charge in [-0.1, -0.05) is 6.92 Å². The Morgan fingerprint density at radius 2 is 2.13 bits per heavy atom. The maximum Gasteiger partial charge on any atom is 0.213 e. The molecule has 0 aromatic carbocycles. The zero-order chi connectivity index (χ0) is 11.5. The highest BCUT2D eigenvalue weighted by Gasteiger charge is 2.23. The first kappa shape index (κ1) is 12.9. The Bertz CT molecular complexity index is 288. The van der Waals surface area contributed by atoms with Crippen LogP contribution in [0.1, 0.15) is 27.2 Å². The summed E-state index contributed by atoms with van der Waals surface area (Å²) in [6.07, 6.45) is 1.13. The van der Waals surface area contributed by atoms with Crippen LogP contribution in [0.25, 0.3) is 0 Å². The zero-order valence-electron chi connectivity index (χ0n) is 9.79. The van der Waals surface area contributed by atoms with Crippen LogP contribution in [-0.2, 0) is 10.0 Å². The molecule has 1 rings (SSSR count). The van der Waals surface area contributed by atoms with Crippen LogP contribution in [-0.4, -0.2) is 33.3 Å². The highest BCUT2D eigenvalue weighted by Crippen LogP contribution is 2.17. The normalized spacial score (nSPS) is 28.3. The molecule has 0 radical (unpaired) electrons. The summed E-state index contributed by atoms with van der Waals surface area (Å²) < 4.78 is 25.8. The monoisotopic (exact) mass is 234 g/mol. The molecule has 4 nitrogen and oxygen atoms in total. The minimum absolute atomic E-state index is 0.343. The van der Waals surface area contributed by atoms with Gasteiger partial charge in [0.25, 0.3) is 0 Å². The van der Waals surface area contributed by atoms with Gasteiger partial charge < -0.3 is 5.32 Å². The van der Waals surface area contributed by atoms with Gasteiger partial charge >= 0.3 is 0 Å². The van der Waals surface area contributed by atoms with Crippen LogP contribution in [0.2, 0.25) is 0 Å². The van der Waals surface area contributed by atoms with Crippen molar-refractivity contribution in [2.24, 2.45) is 11.8 Å². The summed E-state index contributed by atoms with van der Waals surface area (Å²) in [5.74, 6) is 1.02. The van der Waals surface area contributed by atoms with Gasteiger partial charge in [-0.15, -0.1) is 0 Å². The lowest BCUT2D eigenvalue weighted by Gasteiger charge is -2.29. The minimum atomic E-state index is -3.10. The predicted molar refractivity (Wildman–Crippen MR) is 62.2 cm³/mol. The molecule has 90 valence electrons. The summed E-state index contributed by atoms with van der Waals surface area (Å²) in [6.45, 7) is 8.12. The average molecular weight is 234 g/mol. The van der Waals surface area contributed by atoms with Crippen molar-refractivity contribution >= 4 is 10.0 Å². The van der Waals surface area contributed by atoms with Crippen molar-refractivity contribution in [3.8, 4) is 0 Å². The van der Waals surface area contributed by atoms with Crippen molar-refractivity contribution in [2.75, 3.05) is 19.6 Å². The lowest BCUT2D eigenvalue weighted by molar-refractivity contribution is 0.275. The predicted octanol–water partition coefficient (Wildman–Crippen LogP) is 0.560. The van der Waals surface area contributed by atoms with E-state index in [4.69, 9.17) is 0 Å². The lowest BCUT2D eigenvalue weighted by atomic mass is 9.88. The minimum Gasteiger partial charge on any atom is -0.316 e. The first-order chi connectivity index (χ1) is 6.93. The largest absolute Gasteiger partial charge is 0.316 e. The summed E-state index contributed by atoms with van der Waals surface area (Å²) in [5.41, 5.74) is 0. The highest BCUT2D eigenvalue weighted by molar-refractivity contribution is 7.90. The van der Waals surface area contributed by atoms with Crippen molar-refractivity contribution in [2.45, 2.75) is 32.4 Å². The first-order valence-corrected chi connectivity index (χ1v) is 7.17. The lowest BCUT2D eigenvalue weighted by Crippen LogP contribution is -2.43. The Hall–Kier alpha value is -0.130. The Kier molecular flexibility index (Phi) is 4.55. The standard InChI is InChI=1S/C10H22N2O2S/c1-8(2)15(13,14)12-7-10-6-11-5-4-9(10)3/h8-12H,4-7H2,1-3H3. The summed E-state index contributed by atoms with van der Waals surface area (Å²) >= 11 is 0. The summed E-state index contributed by atoms with van der Waals surface area (Å²) in [6, 6.07) is 0. The van der Waals surface area contributed by atoms with Gasteiger partial charge in [0.2, 0.25) is 10.0 Å². The highest BCUT2D eigenvalue weighted by atomic mass is 32.2. The maximum absolute atomic E-state index is 11.5. The van der Waals surface area contributed by atoms with Gasteiger partial charge in [-0.05, 0) is 45.2 Å². The molecule has 1 aliphatic heterocycles. The third-order valence-corrected chi connectivity index (χ3v) is 4.97. The molecule has 5 heteroatoms. The zero-order valence-corrected chi connectivity index (χ0v) is 10.6. The van der Waals surface area contributed by atoms with Crippen LogP contribution in [0, 0.1) is 11.8 Å². The van der Waals surface area contributed by atoms with Crippen molar-refractivity contribution in [1.82, 2.24) is 10.0 Å². The van der Waals surface area contributed by atoms with Gasteiger partial charge in [-0.25, -0.2) is 13.1 Å². The van der Waals surface area contributed by atoms with E-state index in [9.17, 15) is 8.42 Å². The molecular formula is C10H22N2O2S. The fourth-order valence-corrected chi connectivity index (χ4v) is 2.50. The second kappa shape index (κ2) is 5.27. The summed E-state index contributed by atoms with van der Waals surface area (Å²) in [5, 5.41) is 2.95. The van der Waals surface area contributed by atoms with Crippen molar-refractivity contribution in [1.29, 1.82) is 0 Å². The van der Waals surface area contributed by atoms with E-state index in [1.165, 1.54) is 0 Å². The fourth-order valence-electron chi connectivity index (χ4n) is 1.72. The van der Waals surface area contributed by atoms with Gasteiger partial charge in [0.15, 0.2) is 0 Å². The first-order valence-electron chi connectivity index (χ1n) is 5.62. The Balaban J connectivity index is 2.42. The molecule has 1 saturated heterocycles. The van der Waals surface area contributed by atoms with Crippen LogP contribution < -0.4 is 10.0 Å². The summed E-state index contributed by atoms with van der Waals surface area (Å²) in [4.78, 5) is 0. The fraction of sp³-hybridized carbons (Fsp3) is 1.00. The van der Waals surface area contributed by atoms with E-state index in [1.807, 2.05) is 0 Å². The molecule has 1 fully saturated rings. The molecule has 0 aromatic rings. The number of piperidine rings is 1. The van der Waals surface area contributed by atoms with Crippen LogP contribution in [0.4, 0.5) is 0 Å². The second-order valence-electron chi connectivity index (χ2n) is 4.67. The number of hydrogen-bond acceptors (Lipinski definition) is 3. The van der Waals surface area contributed by atoms with Gasteiger partial charge in [-0.2, -0.15) is 0 Å². The molecule has 2 N–H and O–H groups in total. The molecule has 0 amide bonds. The van der Waals surface area contributed by atoms with Gasteiger partial charge in [0.1, 0.15) is 0 Å². The Labute approximate surface area is 92.9 Å². The van der Waals surface area contributed by atoms with Crippen LogP contribution in [0.3, 0.4) is 0 Å². The quantitative estimate of drug-likeness (QED) is 0.747. The maximum atomic E-state index is 11.5. The van der Waals surface area contributed by atoms with Crippen molar-refractivity contribution in [3.63, 3.8) is 0 Å². The molecule has 1 heterocycles. The van der Waals surface area contributed by atoms with Gasteiger partial charge in [-0.3, -0.25) is 0 Å². The number of sulfonamides is 1.